The summed E-state index contributed by atoms with van der Waals surface area (Å²) in [5.74, 6) is -0.0270. The van der Waals surface area contributed by atoms with Gasteiger partial charge in [-0.3, -0.25) is 9.69 Å². The van der Waals surface area contributed by atoms with E-state index in [1.807, 2.05) is 42.5 Å². The Morgan fingerprint density at radius 2 is 1.58 bits per heavy atom. The minimum atomic E-state index is -4.56. The van der Waals surface area contributed by atoms with E-state index in [0.29, 0.717) is 30.8 Å². The number of ether oxygens (including phenoxy) is 1. The second kappa shape index (κ2) is 14.1. The van der Waals surface area contributed by atoms with E-state index in [1.165, 1.54) is 19.3 Å². The predicted octanol–water partition coefficient (Wildman–Crippen LogP) is 9.28. The molecule has 0 spiro atoms. The van der Waals surface area contributed by atoms with Crippen LogP contribution >= 0.6 is 24.0 Å². The zero-order chi connectivity index (χ0) is 29.7. The molecule has 0 bridgehead atoms. The number of fused-ring (bicyclic) bond motifs is 1. The molecule has 0 atom stereocenters. The number of esters is 1. The second-order valence-electron chi connectivity index (χ2n) is 10.2. The standard InChI is InChI=1S/C34H29ClF3NO3.ClH/c1-23(40)42-33-26(19-28-22-41-18-16-29(28)33)15-17-39(20-27-13-8-14-31(32(27)35)34(36,37)38)21-30(24-9-4-2-5-10-24)25-11-6-3-7-12-25;/h2-14,16,18-19,22,30H,15,17,20-21H2,1H3;1H. The van der Waals surface area contributed by atoms with E-state index < -0.39 is 17.7 Å². The van der Waals surface area contributed by atoms with Gasteiger partial charge < -0.3 is 9.15 Å². The molecule has 224 valence electrons. The molecule has 3 aromatic rings. The Labute approximate surface area is 259 Å². The van der Waals surface area contributed by atoms with Gasteiger partial charge in [-0.25, -0.2) is 0 Å². The maximum Gasteiger partial charge on any atom is 0.417 e. The lowest BCUT2D eigenvalue weighted by atomic mass is 9.90. The van der Waals surface area contributed by atoms with Crippen LogP contribution < -0.4 is 4.74 Å². The van der Waals surface area contributed by atoms with Crippen molar-refractivity contribution in [3.05, 3.63) is 136 Å². The van der Waals surface area contributed by atoms with Crippen LogP contribution in [0, 0.1) is 0 Å². The molecule has 0 unspecified atom stereocenters. The molecule has 43 heavy (non-hydrogen) atoms. The maximum atomic E-state index is 13.7. The van der Waals surface area contributed by atoms with E-state index in [1.54, 1.807) is 18.4 Å². The van der Waals surface area contributed by atoms with Crippen molar-refractivity contribution in [1.82, 2.24) is 4.90 Å². The molecule has 5 rings (SSSR count). The Bertz CT molecular complexity index is 1570. The monoisotopic (exact) mass is 627 g/mol. The molecule has 0 radical (unpaired) electrons. The molecule has 0 saturated carbocycles. The third-order valence-electron chi connectivity index (χ3n) is 7.25. The SMILES string of the molecule is CC(=O)Oc1c(CCN(Cc2cccc(C(F)(F)F)c2Cl)CC(c2ccccc2)c2ccccc2)cc2coccc1-2.Cl. The van der Waals surface area contributed by atoms with Crippen LogP contribution in [0.15, 0.2) is 108 Å². The number of rotatable bonds is 10. The molecular formula is C34H30Cl2F3NO3. The Morgan fingerprint density at radius 3 is 2.19 bits per heavy atom. The van der Waals surface area contributed by atoms with Gasteiger partial charge in [-0.1, -0.05) is 84.4 Å². The maximum absolute atomic E-state index is 13.7. The number of hydrogen-bond acceptors (Lipinski definition) is 4. The van der Waals surface area contributed by atoms with Crippen LogP contribution in [0.4, 0.5) is 13.2 Å². The molecule has 1 aliphatic heterocycles. The van der Waals surface area contributed by atoms with E-state index >= 15 is 0 Å². The minimum absolute atomic E-state index is 0. The molecule has 0 fully saturated rings. The summed E-state index contributed by atoms with van der Waals surface area (Å²) < 4.78 is 52.0. The Kier molecular flexibility index (Phi) is 10.6. The first-order valence-electron chi connectivity index (χ1n) is 13.5. The first kappa shape index (κ1) is 32.1. The van der Waals surface area contributed by atoms with Crippen molar-refractivity contribution in [3.63, 3.8) is 0 Å². The normalized spacial score (nSPS) is 11.6. The van der Waals surface area contributed by atoms with Crippen LogP contribution in [-0.2, 0) is 23.9 Å². The summed E-state index contributed by atoms with van der Waals surface area (Å²) in [7, 11) is 0. The van der Waals surface area contributed by atoms with Crippen molar-refractivity contribution in [3.8, 4) is 16.9 Å². The third-order valence-corrected chi connectivity index (χ3v) is 7.70. The van der Waals surface area contributed by atoms with E-state index in [4.69, 9.17) is 20.8 Å². The highest BCUT2D eigenvalue weighted by Gasteiger charge is 2.34. The number of benzene rings is 3. The average molecular weight is 629 g/mol. The van der Waals surface area contributed by atoms with Crippen molar-refractivity contribution in [2.75, 3.05) is 13.1 Å². The molecule has 0 saturated heterocycles. The quantitative estimate of drug-likeness (QED) is 0.145. The van der Waals surface area contributed by atoms with E-state index in [9.17, 15) is 18.0 Å². The highest BCUT2D eigenvalue weighted by atomic mass is 35.5. The number of carbonyl (C=O) groups excluding carboxylic acids is 1. The van der Waals surface area contributed by atoms with E-state index in [2.05, 4.69) is 29.2 Å². The lowest BCUT2D eigenvalue weighted by Gasteiger charge is -2.29. The molecule has 1 heterocycles. The van der Waals surface area contributed by atoms with Crippen LogP contribution in [0.3, 0.4) is 0 Å². The lowest BCUT2D eigenvalue weighted by Crippen LogP contribution is -2.31. The molecule has 4 nitrogen and oxygen atoms in total. The Hall–Kier alpha value is -3.78. The van der Waals surface area contributed by atoms with Crippen LogP contribution in [-0.4, -0.2) is 24.0 Å². The third kappa shape index (κ3) is 7.79. The largest absolute Gasteiger partial charge is 0.472 e. The fraction of sp³-hybridized carbons (Fsp3) is 0.206. The average Bonchev–Trinajstić information content (AvgIpc) is 3.32. The topological polar surface area (TPSA) is 42.7 Å². The minimum Gasteiger partial charge on any atom is -0.472 e. The summed E-state index contributed by atoms with van der Waals surface area (Å²) in [6, 6.07) is 27.7. The van der Waals surface area contributed by atoms with Gasteiger partial charge in [0.2, 0.25) is 0 Å². The highest BCUT2D eigenvalue weighted by Crippen LogP contribution is 2.40. The van der Waals surface area contributed by atoms with Crippen molar-refractivity contribution in [2.24, 2.45) is 0 Å². The molecule has 0 amide bonds. The summed E-state index contributed by atoms with van der Waals surface area (Å²) in [4.78, 5) is 14.0. The molecule has 2 aliphatic rings. The van der Waals surface area contributed by atoms with Crippen LogP contribution in [0.2, 0.25) is 5.02 Å². The highest BCUT2D eigenvalue weighted by molar-refractivity contribution is 6.32. The predicted molar refractivity (Wildman–Crippen MR) is 164 cm³/mol. The summed E-state index contributed by atoms with van der Waals surface area (Å²) >= 11 is 6.35. The van der Waals surface area contributed by atoms with Crippen molar-refractivity contribution >= 4 is 30.0 Å². The summed E-state index contributed by atoms with van der Waals surface area (Å²) in [6.45, 7) is 2.52. The number of halogens is 5. The van der Waals surface area contributed by atoms with Crippen LogP contribution in [0.1, 0.15) is 40.7 Å². The number of carbonyl (C=O) groups is 1. The lowest BCUT2D eigenvalue weighted by molar-refractivity contribution is -0.137. The summed E-state index contributed by atoms with van der Waals surface area (Å²) in [5, 5.41) is -0.299. The first-order chi connectivity index (χ1) is 20.2. The van der Waals surface area contributed by atoms with E-state index in [0.717, 1.165) is 33.9 Å². The molecule has 0 N–H and O–H groups in total. The van der Waals surface area contributed by atoms with Gasteiger partial charge in [0.15, 0.2) is 0 Å². The van der Waals surface area contributed by atoms with Gasteiger partial charge >= 0.3 is 12.1 Å². The van der Waals surface area contributed by atoms with Gasteiger partial charge in [0.05, 0.1) is 23.1 Å². The van der Waals surface area contributed by atoms with E-state index in [-0.39, 0.29) is 29.9 Å². The van der Waals surface area contributed by atoms with Gasteiger partial charge in [0.1, 0.15) is 5.75 Å². The molecule has 0 aromatic heterocycles. The van der Waals surface area contributed by atoms with Crippen molar-refractivity contribution in [2.45, 2.75) is 32.0 Å². The van der Waals surface area contributed by atoms with Crippen molar-refractivity contribution < 1.29 is 27.1 Å². The second-order valence-corrected chi connectivity index (χ2v) is 10.5. The summed E-state index contributed by atoms with van der Waals surface area (Å²) in [5.41, 5.74) is 4.06. The summed E-state index contributed by atoms with van der Waals surface area (Å²) in [6.07, 6.45) is -0.976. The number of nitrogens with zero attached hydrogens (tertiary/aromatic N) is 1. The van der Waals surface area contributed by atoms with Gasteiger partial charge in [-0.15, -0.1) is 12.4 Å². The smallest absolute Gasteiger partial charge is 0.417 e. The fourth-order valence-corrected chi connectivity index (χ4v) is 5.57. The van der Waals surface area contributed by atoms with Gasteiger partial charge in [-0.2, -0.15) is 13.2 Å². The molecular weight excluding hydrogens is 598 g/mol. The zero-order valence-electron chi connectivity index (χ0n) is 23.3. The Morgan fingerprint density at radius 1 is 0.930 bits per heavy atom. The molecule has 1 aliphatic carbocycles. The van der Waals surface area contributed by atoms with Gasteiger partial charge in [0.25, 0.3) is 0 Å². The van der Waals surface area contributed by atoms with Crippen LogP contribution in [0.25, 0.3) is 11.1 Å². The zero-order valence-corrected chi connectivity index (χ0v) is 24.9. The van der Waals surface area contributed by atoms with Gasteiger partial charge in [0, 0.05) is 43.6 Å². The van der Waals surface area contributed by atoms with Crippen molar-refractivity contribution in [1.29, 1.82) is 0 Å². The molecule has 9 heteroatoms. The number of hydrogen-bond donors (Lipinski definition) is 0. The first-order valence-corrected chi connectivity index (χ1v) is 13.9. The Balaban J connectivity index is 0.00000423. The van der Waals surface area contributed by atoms with Crippen LogP contribution in [0.5, 0.6) is 5.75 Å². The molecule has 3 aromatic carbocycles. The fourth-order valence-electron chi connectivity index (χ4n) is 5.28. The number of alkyl halides is 3. The van der Waals surface area contributed by atoms with Gasteiger partial charge in [-0.05, 0) is 46.9 Å².